The molecule has 2 rings (SSSR count). The van der Waals surface area contributed by atoms with Crippen molar-refractivity contribution in [3.05, 3.63) is 45.9 Å². The van der Waals surface area contributed by atoms with E-state index in [2.05, 4.69) is 10.3 Å². The number of hydrogen-bond donors (Lipinski definition) is 2. The van der Waals surface area contributed by atoms with Crippen molar-refractivity contribution < 1.29 is 14.7 Å². The van der Waals surface area contributed by atoms with Crippen molar-refractivity contribution in [2.75, 3.05) is 5.32 Å². The Hall–Kier alpha value is -2.21. The van der Waals surface area contributed by atoms with Gasteiger partial charge in [-0.2, -0.15) is 0 Å². The van der Waals surface area contributed by atoms with Crippen molar-refractivity contribution in [2.45, 2.75) is 32.6 Å². The van der Waals surface area contributed by atoms with E-state index in [-0.39, 0.29) is 12.3 Å². The van der Waals surface area contributed by atoms with Crippen LogP contribution in [0.1, 0.15) is 29.1 Å². The van der Waals surface area contributed by atoms with Gasteiger partial charge in [-0.3, -0.25) is 9.59 Å². The van der Waals surface area contributed by atoms with E-state index in [0.29, 0.717) is 17.7 Å². The SMILES string of the molecule is Cc1nc(CCCC(=O)Nc2ccc(CC(=O)O)cc2)cs1. The molecule has 0 radical (unpaired) electrons. The van der Waals surface area contributed by atoms with Crippen LogP contribution in [0.15, 0.2) is 29.6 Å². The van der Waals surface area contributed by atoms with Crippen molar-refractivity contribution in [1.82, 2.24) is 4.98 Å². The Bertz CT molecular complexity index is 650. The van der Waals surface area contributed by atoms with Gasteiger partial charge in [0.2, 0.25) is 5.91 Å². The number of carboxylic acids is 1. The molecule has 116 valence electrons. The van der Waals surface area contributed by atoms with Crippen LogP contribution >= 0.6 is 11.3 Å². The second-order valence-corrected chi connectivity index (χ2v) is 6.09. The summed E-state index contributed by atoms with van der Waals surface area (Å²) >= 11 is 1.62. The third-order valence-corrected chi connectivity index (χ3v) is 3.92. The van der Waals surface area contributed by atoms with Gasteiger partial charge in [0, 0.05) is 17.5 Å². The molecule has 0 atom stereocenters. The summed E-state index contributed by atoms with van der Waals surface area (Å²) in [6.07, 6.45) is 1.98. The summed E-state index contributed by atoms with van der Waals surface area (Å²) in [5, 5.41) is 14.6. The number of aromatic nitrogens is 1. The molecular weight excluding hydrogens is 300 g/mol. The van der Waals surface area contributed by atoms with Gasteiger partial charge in [0.05, 0.1) is 17.1 Å². The van der Waals surface area contributed by atoms with Crippen LogP contribution in [-0.2, 0) is 22.4 Å². The molecule has 2 N–H and O–H groups in total. The van der Waals surface area contributed by atoms with E-state index < -0.39 is 5.97 Å². The summed E-state index contributed by atoms with van der Waals surface area (Å²) < 4.78 is 0. The third-order valence-electron chi connectivity index (χ3n) is 3.10. The molecule has 6 heteroatoms. The maximum absolute atomic E-state index is 11.8. The summed E-state index contributed by atoms with van der Waals surface area (Å²) in [6, 6.07) is 6.86. The Morgan fingerprint density at radius 1 is 1.27 bits per heavy atom. The van der Waals surface area contributed by atoms with Gasteiger partial charge in [-0.1, -0.05) is 12.1 Å². The summed E-state index contributed by atoms with van der Waals surface area (Å²) in [5.74, 6) is -0.910. The third kappa shape index (κ3) is 5.29. The standard InChI is InChI=1S/C16H18N2O3S/c1-11-17-14(10-22-11)3-2-4-15(19)18-13-7-5-12(6-8-13)9-16(20)21/h5-8,10H,2-4,9H2,1H3,(H,18,19)(H,20,21). The zero-order chi connectivity index (χ0) is 15.9. The van der Waals surface area contributed by atoms with Crippen LogP contribution in [0.5, 0.6) is 0 Å². The summed E-state index contributed by atoms with van der Waals surface area (Å²) in [6.45, 7) is 1.97. The van der Waals surface area contributed by atoms with E-state index in [9.17, 15) is 9.59 Å². The topological polar surface area (TPSA) is 79.3 Å². The molecule has 1 aromatic carbocycles. The normalized spacial score (nSPS) is 10.4. The quantitative estimate of drug-likeness (QED) is 0.822. The van der Waals surface area contributed by atoms with Crippen molar-refractivity contribution in [3.8, 4) is 0 Å². The largest absolute Gasteiger partial charge is 0.481 e. The smallest absolute Gasteiger partial charge is 0.307 e. The number of hydrogen-bond acceptors (Lipinski definition) is 4. The Labute approximate surface area is 133 Å². The second kappa shape index (κ2) is 7.70. The molecule has 1 amide bonds. The maximum atomic E-state index is 11.8. The van der Waals surface area contributed by atoms with Crippen LogP contribution in [0.4, 0.5) is 5.69 Å². The molecule has 1 heterocycles. The highest BCUT2D eigenvalue weighted by Gasteiger charge is 2.05. The molecule has 0 spiro atoms. The number of thiazole rings is 1. The number of rotatable bonds is 7. The predicted octanol–water partition coefficient (Wildman–Crippen LogP) is 3.04. The first-order valence-corrected chi connectivity index (χ1v) is 7.92. The van der Waals surface area contributed by atoms with Crippen LogP contribution in [0.25, 0.3) is 0 Å². The Balaban J connectivity index is 1.75. The lowest BCUT2D eigenvalue weighted by Crippen LogP contribution is -2.11. The van der Waals surface area contributed by atoms with Crippen LogP contribution in [0.3, 0.4) is 0 Å². The van der Waals surface area contributed by atoms with E-state index in [1.54, 1.807) is 35.6 Å². The highest BCUT2D eigenvalue weighted by atomic mass is 32.1. The van der Waals surface area contributed by atoms with E-state index >= 15 is 0 Å². The van der Waals surface area contributed by atoms with Gasteiger partial charge in [-0.25, -0.2) is 4.98 Å². The van der Waals surface area contributed by atoms with Crippen LogP contribution in [0.2, 0.25) is 0 Å². The molecule has 5 nitrogen and oxygen atoms in total. The minimum Gasteiger partial charge on any atom is -0.481 e. The summed E-state index contributed by atoms with van der Waals surface area (Å²) in [4.78, 5) is 26.8. The molecule has 0 unspecified atom stereocenters. The van der Waals surface area contributed by atoms with Gasteiger partial charge in [-0.05, 0) is 37.5 Å². The lowest BCUT2D eigenvalue weighted by molar-refractivity contribution is -0.136. The average Bonchev–Trinajstić information content (AvgIpc) is 2.86. The molecule has 0 aliphatic carbocycles. The van der Waals surface area contributed by atoms with Gasteiger partial charge >= 0.3 is 5.97 Å². The molecule has 1 aromatic heterocycles. The van der Waals surface area contributed by atoms with Gasteiger partial charge in [0.25, 0.3) is 0 Å². The van der Waals surface area contributed by atoms with E-state index in [0.717, 1.165) is 23.5 Å². The van der Waals surface area contributed by atoms with Crippen LogP contribution in [-0.4, -0.2) is 22.0 Å². The van der Waals surface area contributed by atoms with E-state index in [1.165, 1.54) is 0 Å². The summed E-state index contributed by atoms with van der Waals surface area (Å²) in [5.41, 5.74) is 2.43. The lowest BCUT2D eigenvalue weighted by Gasteiger charge is -2.05. The fourth-order valence-electron chi connectivity index (χ4n) is 2.06. The van der Waals surface area contributed by atoms with Crippen LogP contribution in [0, 0.1) is 6.92 Å². The number of nitrogens with zero attached hydrogens (tertiary/aromatic N) is 1. The highest BCUT2D eigenvalue weighted by molar-refractivity contribution is 7.09. The number of carbonyl (C=O) groups excluding carboxylic acids is 1. The van der Waals surface area contributed by atoms with E-state index in [4.69, 9.17) is 5.11 Å². The average molecular weight is 318 g/mol. The van der Waals surface area contributed by atoms with Gasteiger partial charge < -0.3 is 10.4 Å². The predicted molar refractivity (Wildman–Crippen MR) is 86.2 cm³/mol. The highest BCUT2D eigenvalue weighted by Crippen LogP contribution is 2.13. The molecule has 22 heavy (non-hydrogen) atoms. The maximum Gasteiger partial charge on any atom is 0.307 e. The number of anilines is 1. The van der Waals surface area contributed by atoms with Gasteiger partial charge in [0.15, 0.2) is 0 Å². The molecule has 0 aliphatic rings. The molecule has 0 fully saturated rings. The molecule has 0 bridgehead atoms. The second-order valence-electron chi connectivity index (χ2n) is 5.03. The molecular formula is C16H18N2O3S. The number of benzene rings is 1. The molecule has 0 saturated heterocycles. The lowest BCUT2D eigenvalue weighted by atomic mass is 10.1. The van der Waals surface area contributed by atoms with Crippen molar-refractivity contribution in [1.29, 1.82) is 0 Å². The van der Waals surface area contributed by atoms with Crippen LogP contribution < -0.4 is 5.32 Å². The number of carboxylic acid groups (broad SMARTS) is 1. The fourth-order valence-corrected chi connectivity index (χ4v) is 2.70. The number of aliphatic carboxylic acids is 1. The minimum absolute atomic E-state index is 0.0126. The summed E-state index contributed by atoms with van der Waals surface area (Å²) in [7, 11) is 0. The van der Waals surface area contributed by atoms with E-state index in [1.807, 2.05) is 12.3 Å². The first kappa shape index (κ1) is 16.2. The van der Waals surface area contributed by atoms with Gasteiger partial charge in [-0.15, -0.1) is 11.3 Å². The first-order chi connectivity index (χ1) is 10.5. The van der Waals surface area contributed by atoms with Crippen molar-refractivity contribution in [3.63, 3.8) is 0 Å². The Morgan fingerprint density at radius 3 is 2.59 bits per heavy atom. The Morgan fingerprint density at radius 2 is 2.00 bits per heavy atom. The zero-order valence-electron chi connectivity index (χ0n) is 12.3. The van der Waals surface area contributed by atoms with Crippen molar-refractivity contribution in [2.24, 2.45) is 0 Å². The zero-order valence-corrected chi connectivity index (χ0v) is 13.2. The Kier molecular flexibility index (Phi) is 5.66. The molecule has 0 aliphatic heterocycles. The molecule has 2 aromatic rings. The number of carbonyl (C=O) groups is 2. The van der Waals surface area contributed by atoms with Gasteiger partial charge in [0.1, 0.15) is 0 Å². The number of aryl methyl sites for hydroxylation is 2. The first-order valence-electron chi connectivity index (χ1n) is 7.04. The minimum atomic E-state index is -0.867. The van der Waals surface area contributed by atoms with Crippen molar-refractivity contribution >= 4 is 28.9 Å². The molecule has 0 saturated carbocycles. The monoisotopic (exact) mass is 318 g/mol. The number of amides is 1. The fraction of sp³-hybridized carbons (Fsp3) is 0.312. The number of nitrogens with one attached hydrogen (secondary N) is 1.